The summed E-state index contributed by atoms with van der Waals surface area (Å²) in [5.74, 6) is -0.505. The zero-order valence-corrected chi connectivity index (χ0v) is 13.1. The summed E-state index contributed by atoms with van der Waals surface area (Å²) >= 11 is 9.29. The Bertz CT molecular complexity index is 741. The molecule has 2 rings (SSSR count). The highest BCUT2D eigenvalue weighted by Gasteiger charge is 2.13. The molecule has 2 aromatic rings. The van der Waals surface area contributed by atoms with Gasteiger partial charge in [-0.25, -0.2) is 4.79 Å². The Morgan fingerprint density at radius 2 is 2.10 bits per heavy atom. The third-order valence-electron chi connectivity index (χ3n) is 2.75. The van der Waals surface area contributed by atoms with Crippen LogP contribution in [-0.4, -0.2) is 5.97 Å². The predicted molar refractivity (Wildman–Crippen MR) is 83.8 cm³/mol. The van der Waals surface area contributed by atoms with E-state index in [1.807, 2.05) is 6.07 Å². The van der Waals surface area contributed by atoms with Crippen LogP contribution in [0, 0.1) is 11.3 Å². The summed E-state index contributed by atoms with van der Waals surface area (Å²) in [6.45, 7) is 0.0185. The Kier molecular flexibility index (Phi) is 4.84. The smallest absolute Gasteiger partial charge is 0.339 e. The van der Waals surface area contributed by atoms with Crippen LogP contribution in [0.5, 0.6) is 0 Å². The third kappa shape index (κ3) is 3.75. The topological polar surface area (TPSA) is 76.1 Å². The molecule has 2 aromatic carbocycles. The van der Waals surface area contributed by atoms with Crippen LogP contribution in [-0.2, 0) is 11.3 Å². The predicted octanol–water partition coefficient (Wildman–Crippen LogP) is 3.91. The fraction of sp³-hybridized carbons (Fsp3) is 0.0667. The third-order valence-corrected chi connectivity index (χ3v) is 3.79. The quantitative estimate of drug-likeness (QED) is 0.661. The number of anilines is 1. The van der Waals surface area contributed by atoms with Gasteiger partial charge in [0, 0.05) is 20.7 Å². The number of carbonyl (C=O) groups is 1. The molecular formula is C15H10BrClN2O2. The Morgan fingerprint density at radius 3 is 2.76 bits per heavy atom. The van der Waals surface area contributed by atoms with Crippen molar-refractivity contribution in [2.75, 3.05) is 5.73 Å². The van der Waals surface area contributed by atoms with Crippen molar-refractivity contribution in [2.24, 2.45) is 0 Å². The van der Waals surface area contributed by atoms with E-state index in [4.69, 9.17) is 27.3 Å². The lowest BCUT2D eigenvalue weighted by Crippen LogP contribution is -2.07. The zero-order valence-electron chi connectivity index (χ0n) is 10.8. The summed E-state index contributed by atoms with van der Waals surface area (Å²) in [6, 6.07) is 11.7. The number of rotatable bonds is 3. The minimum Gasteiger partial charge on any atom is -0.457 e. The van der Waals surface area contributed by atoms with E-state index in [2.05, 4.69) is 15.9 Å². The monoisotopic (exact) mass is 364 g/mol. The molecule has 4 nitrogen and oxygen atoms in total. The number of nitrogens with zero attached hydrogens (tertiary/aromatic N) is 1. The van der Waals surface area contributed by atoms with Gasteiger partial charge in [-0.2, -0.15) is 5.26 Å². The number of esters is 1. The number of benzene rings is 2. The van der Waals surface area contributed by atoms with Gasteiger partial charge in [0.1, 0.15) is 6.61 Å². The summed E-state index contributed by atoms with van der Waals surface area (Å²) in [4.78, 5) is 12.0. The van der Waals surface area contributed by atoms with Crippen molar-refractivity contribution in [2.45, 2.75) is 6.61 Å². The number of halogens is 2. The van der Waals surface area contributed by atoms with Gasteiger partial charge in [-0.15, -0.1) is 0 Å². The second-order valence-electron chi connectivity index (χ2n) is 4.23. The van der Waals surface area contributed by atoms with Crippen LogP contribution in [0.15, 0.2) is 40.9 Å². The number of ether oxygens (including phenoxy) is 1. The second kappa shape index (κ2) is 6.61. The fourth-order valence-electron chi connectivity index (χ4n) is 1.65. The van der Waals surface area contributed by atoms with Crippen LogP contribution >= 0.6 is 27.5 Å². The van der Waals surface area contributed by atoms with Crippen molar-refractivity contribution in [1.29, 1.82) is 5.26 Å². The first-order chi connectivity index (χ1) is 10.0. The average Bonchev–Trinajstić information content (AvgIpc) is 2.48. The zero-order chi connectivity index (χ0) is 15.4. The molecule has 0 bridgehead atoms. The summed E-state index contributed by atoms with van der Waals surface area (Å²) in [7, 11) is 0. The van der Waals surface area contributed by atoms with Crippen LogP contribution in [0.1, 0.15) is 21.5 Å². The van der Waals surface area contributed by atoms with Gasteiger partial charge in [-0.1, -0.05) is 17.7 Å². The van der Waals surface area contributed by atoms with E-state index >= 15 is 0 Å². The van der Waals surface area contributed by atoms with Crippen LogP contribution < -0.4 is 5.73 Å². The van der Waals surface area contributed by atoms with Crippen molar-refractivity contribution < 1.29 is 9.53 Å². The maximum absolute atomic E-state index is 12.0. The first-order valence-electron chi connectivity index (χ1n) is 5.92. The molecule has 0 saturated carbocycles. The fourth-order valence-corrected chi connectivity index (χ4v) is 2.30. The van der Waals surface area contributed by atoms with Gasteiger partial charge in [-0.3, -0.25) is 0 Å². The molecule has 0 amide bonds. The van der Waals surface area contributed by atoms with Gasteiger partial charge >= 0.3 is 5.97 Å². The van der Waals surface area contributed by atoms with Crippen LogP contribution in [0.2, 0.25) is 5.02 Å². The van der Waals surface area contributed by atoms with Gasteiger partial charge in [0.05, 0.1) is 17.2 Å². The summed E-state index contributed by atoms with van der Waals surface area (Å²) in [5.41, 5.74) is 7.55. The highest BCUT2D eigenvalue weighted by atomic mass is 79.9. The molecule has 0 saturated heterocycles. The van der Waals surface area contributed by atoms with Crippen molar-refractivity contribution in [3.8, 4) is 6.07 Å². The molecule has 0 aromatic heterocycles. The maximum Gasteiger partial charge on any atom is 0.339 e. The number of nitriles is 1. The van der Waals surface area contributed by atoms with E-state index in [1.165, 1.54) is 12.1 Å². The molecule has 2 N–H and O–H groups in total. The molecule has 0 aliphatic rings. The molecule has 0 spiro atoms. The van der Waals surface area contributed by atoms with E-state index in [-0.39, 0.29) is 6.61 Å². The van der Waals surface area contributed by atoms with E-state index in [9.17, 15) is 4.79 Å². The molecular weight excluding hydrogens is 356 g/mol. The molecule has 0 heterocycles. The Hall–Kier alpha value is -2.03. The first-order valence-corrected chi connectivity index (χ1v) is 7.09. The summed E-state index contributed by atoms with van der Waals surface area (Å²) in [6.07, 6.45) is 0. The van der Waals surface area contributed by atoms with Crippen LogP contribution in [0.3, 0.4) is 0 Å². The molecule has 0 unspecified atom stereocenters. The minimum absolute atomic E-state index is 0.0185. The molecule has 21 heavy (non-hydrogen) atoms. The first kappa shape index (κ1) is 15.4. The Balaban J connectivity index is 2.11. The number of hydrogen-bond acceptors (Lipinski definition) is 4. The molecule has 0 fully saturated rings. The average molecular weight is 366 g/mol. The van der Waals surface area contributed by atoms with E-state index < -0.39 is 5.97 Å². The highest BCUT2D eigenvalue weighted by molar-refractivity contribution is 9.10. The van der Waals surface area contributed by atoms with Gasteiger partial charge in [0.15, 0.2) is 0 Å². The molecule has 0 radical (unpaired) electrons. The van der Waals surface area contributed by atoms with Crippen LogP contribution in [0.25, 0.3) is 0 Å². The number of nitrogens with two attached hydrogens (primary N) is 1. The van der Waals surface area contributed by atoms with Gasteiger partial charge in [-0.05, 0) is 46.3 Å². The normalized spacial score (nSPS) is 9.95. The highest BCUT2D eigenvalue weighted by Crippen LogP contribution is 2.22. The van der Waals surface area contributed by atoms with Gasteiger partial charge < -0.3 is 10.5 Å². The largest absolute Gasteiger partial charge is 0.457 e. The van der Waals surface area contributed by atoms with Gasteiger partial charge in [0.2, 0.25) is 0 Å². The number of nitrogen functional groups attached to an aromatic ring is 1. The molecule has 6 heteroatoms. The van der Waals surface area contributed by atoms with E-state index in [1.54, 1.807) is 24.3 Å². The lowest BCUT2D eigenvalue weighted by Gasteiger charge is -2.08. The molecule has 0 aliphatic carbocycles. The van der Waals surface area contributed by atoms with Crippen LogP contribution in [0.4, 0.5) is 5.69 Å². The SMILES string of the molecule is N#Cc1ccc(COC(=O)c2cc(N)ccc2Br)c(Cl)c1. The lowest BCUT2D eigenvalue weighted by atomic mass is 10.1. The van der Waals surface area contributed by atoms with Crippen molar-refractivity contribution >= 4 is 39.2 Å². The standard InChI is InChI=1S/C15H10BrClN2O2/c16-13-4-3-11(19)6-12(13)15(20)21-8-10-2-1-9(7-18)5-14(10)17/h1-6H,8,19H2. The van der Waals surface area contributed by atoms with E-state index in [0.29, 0.717) is 31.9 Å². The lowest BCUT2D eigenvalue weighted by molar-refractivity contribution is 0.0472. The molecule has 0 atom stereocenters. The maximum atomic E-state index is 12.0. The molecule has 106 valence electrons. The van der Waals surface area contributed by atoms with Crippen molar-refractivity contribution in [3.63, 3.8) is 0 Å². The number of carbonyl (C=O) groups excluding carboxylic acids is 1. The Labute approximate surface area is 135 Å². The van der Waals surface area contributed by atoms with Gasteiger partial charge in [0.25, 0.3) is 0 Å². The van der Waals surface area contributed by atoms with E-state index in [0.717, 1.165) is 0 Å². The number of hydrogen-bond donors (Lipinski definition) is 1. The van der Waals surface area contributed by atoms with Crippen molar-refractivity contribution in [1.82, 2.24) is 0 Å². The minimum atomic E-state index is -0.505. The Morgan fingerprint density at radius 1 is 1.33 bits per heavy atom. The van der Waals surface area contributed by atoms with Crippen molar-refractivity contribution in [3.05, 3.63) is 62.6 Å². The second-order valence-corrected chi connectivity index (χ2v) is 5.49. The molecule has 0 aliphatic heterocycles. The summed E-state index contributed by atoms with van der Waals surface area (Å²) in [5, 5.41) is 9.15. The summed E-state index contributed by atoms with van der Waals surface area (Å²) < 4.78 is 5.82.